The fourth-order valence-electron chi connectivity index (χ4n) is 1.96. The van der Waals surface area contributed by atoms with Gasteiger partial charge in [-0.3, -0.25) is 0 Å². The highest BCUT2D eigenvalue weighted by Gasteiger charge is 2.05. The molecule has 1 aromatic rings. The molecule has 96 valence electrons. The highest BCUT2D eigenvalue weighted by Crippen LogP contribution is 2.19. The minimum Gasteiger partial charge on any atom is -0.398 e. The number of rotatable bonds is 7. The smallest absolute Gasteiger partial charge is 0.0364 e. The lowest BCUT2D eigenvalue weighted by molar-refractivity contribution is 0.473. The Kier molecular flexibility index (Phi) is 5.88. The lowest BCUT2D eigenvalue weighted by atomic mass is 9.99. The monoisotopic (exact) mass is 234 g/mol. The van der Waals surface area contributed by atoms with Gasteiger partial charge in [0.1, 0.15) is 0 Å². The Balaban J connectivity index is 2.45. The molecule has 0 aliphatic rings. The molecule has 1 aromatic carbocycles. The van der Waals surface area contributed by atoms with E-state index in [0.29, 0.717) is 0 Å². The van der Waals surface area contributed by atoms with Crippen molar-refractivity contribution in [2.24, 2.45) is 5.92 Å². The summed E-state index contributed by atoms with van der Waals surface area (Å²) in [6, 6.07) is 6.21. The maximum Gasteiger partial charge on any atom is 0.0364 e. The Morgan fingerprint density at radius 2 is 2.06 bits per heavy atom. The highest BCUT2D eigenvalue weighted by atomic mass is 14.9. The molecule has 0 aliphatic heterocycles. The predicted molar refractivity (Wildman–Crippen MR) is 77.4 cm³/mol. The van der Waals surface area contributed by atoms with Gasteiger partial charge < -0.3 is 11.1 Å². The molecule has 0 radical (unpaired) electrons. The van der Waals surface area contributed by atoms with Gasteiger partial charge in [0, 0.05) is 17.9 Å². The van der Waals surface area contributed by atoms with E-state index in [9.17, 15) is 0 Å². The van der Waals surface area contributed by atoms with E-state index in [0.717, 1.165) is 29.4 Å². The number of benzene rings is 1. The molecule has 3 N–H and O–H groups in total. The van der Waals surface area contributed by atoms with Gasteiger partial charge in [0.15, 0.2) is 0 Å². The Labute approximate surface area is 106 Å². The average Bonchev–Trinajstić information content (AvgIpc) is 2.34. The van der Waals surface area contributed by atoms with Crippen molar-refractivity contribution in [2.75, 3.05) is 17.6 Å². The number of anilines is 2. The van der Waals surface area contributed by atoms with Crippen LogP contribution in [0, 0.1) is 12.8 Å². The molecule has 2 nitrogen and oxygen atoms in total. The zero-order chi connectivity index (χ0) is 12.7. The number of aryl methyl sites for hydroxylation is 1. The average molecular weight is 234 g/mol. The van der Waals surface area contributed by atoms with E-state index in [1.165, 1.54) is 25.7 Å². The van der Waals surface area contributed by atoms with Crippen molar-refractivity contribution in [3.8, 4) is 0 Å². The fraction of sp³-hybridized carbons (Fsp3) is 0.600. The molecule has 0 spiro atoms. The SMILES string of the molecule is CCCCC(CC)CNc1ccc(C)c(N)c1. The molecule has 1 atom stereocenters. The van der Waals surface area contributed by atoms with Gasteiger partial charge in [-0.1, -0.05) is 39.2 Å². The summed E-state index contributed by atoms with van der Waals surface area (Å²) in [6.07, 6.45) is 5.18. The van der Waals surface area contributed by atoms with Gasteiger partial charge in [0.05, 0.1) is 0 Å². The first-order chi connectivity index (χ1) is 8.17. The van der Waals surface area contributed by atoms with Crippen LogP contribution in [0.15, 0.2) is 18.2 Å². The van der Waals surface area contributed by atoms with E-state index in [1.807, 2.05) is 13.0 Å². The van der Waals surface area contributed by atoms with Gasteiger partial charge in [0.25, 0.3) is 0 Å². The van der Waals surface area contributed by atoms with Crippen LogP contribution in [0.4, 0.5) is 11.4 Å². The molecule has 0 saturated heterocycles. The van der Waals surface area contributed by atoms with Crippen molar-refractivity contribution >= 4 is 11.4 Å². The number of nitrogens with one attached hydrogen (secondary N) is 1. The van der Waals surface area contributed by atoms with Crippen LogP contribution in [0.2, 0.25) is 0 Å². The lowest BCUT2D eigenvalue weighted by Crippen LogP contribution is -2.13. The molecule has 1 rings (SSSR count). The topological polar surface area (TPSA) is 38.0 Å². The molecule has 0 aliphatic carbocycles. The zero-order valence-electron chi connectivity index (χ0n) is 11.4. The molecule has 0 bridgehead atoms. The molecule has 0 aromatic heterocycles. The van der Waals surface area contributed by atoms with Gasteiger partial charge in [-0.2, -0.15) is 0 Å². The minimum absolute atomic E-state index is 0.775. The number of nitrogens with two attached hydrogens (primary N) is 1. The van der Waals surface area contributed by atoms with E-state index in [2.05, 4.69) is 31.3 Å². The quantitative estimate of drug-likeness (QED) is 0.694. The molecule has 0 fully saturated rings. The summed E-state index contributed by atoms with van der Waals surface area (Å²) < 4.78 is 0. The van der Waals surface area contributed by atoms with Gasteiger partial charge in [-0.15, -0.1) is 0 Å². The summed E-state index contributed by atoms with van der Waals surface area (Å²) >= 11 is 0. The summed E-state index contributed by atoms with van der Waals surface area (Å²) in [7, 11) is 0. The second kappa shape index (κ2) is 7.21. The van der Waals surface area contributed by atoms with Crippen LogP contribution >= 0.6 is 0 Å². The molecule has 0 saturated carbocycles. The van der Waals surface area contributed by atoms with Gasteiger partial charge in [-0.05, 0) is 37.0 Å². The lowest BCUT2D eigenvalue weighted by Gasteiger charge is -2.16. The Morgan fingerprint density at radius 3 is 2.65 bits per heavy atom. The first kappa shape index (κ1) is 13.9. The van der Waals surface area contributed by atoms with Crippen molar-refractivity contribution in [1.29, 1.82) is 0 Å². The molecule has 1 unspecified atom stereocenters. The second-order valence-corrected chi connectivity index (χ2v) is 4.87. The van der Waals surface area contributed by atoms with Crippen LogP contribution in [0.3, 0.4) is 0 Å². The number of unbranched alkanes of at least 4 members (excludes halogenated alkanes) is 1. The summed E-state index contributed by atoms with van der Waals surface area (Å²) in [5.74, 6) is 0.775. The van der Waals surface area contributed by atoms with E-state index < -0.39 is 0 Å². The number of hydrogen-bond donors (Lipinski definition) is 2. The molecule has 17 heavy (non-hydrogen) atoms. The summed E-state index contributed by atoms with van der Waals surface area (Å²) in [4.78, 5) is 0. The molecule has 0 amide bonds. The van der Waals surface area contributed by atoms with Crippen LogP contribution in [0.5, 0.6) is 0 Å². The standard InChI is InChI=1S/C15H26N2/c1-4-6-7-13(5-2)11-17-14-9-8-12(3)15(16)10-14/h8-10,13,17H,4-7,11,16H2,1-3H3. The maximum atomic E-state index is 5.90. The van der Waals surface area contributed by atoms with Crippen LogP contribution in [0.25, 0.3) is 0 Å². The molecule has 2 heteroatoms. The predicted octanol–water partition coefficient (Wildman–Crippen LogP) is 4.21. The molecular weight excluding hydrogens is 208 g/mol. The summed E-state index contributed by atoms with van der Waals surface area (Å²) in [6.45, 7) is 7.61. The third-order valence-electron chi connectivity index (χ3n) is 3.42. The van der Waals surface area contributed by atoms with Crippen LogP contribution in [-0.2, 0) is 0 Å². The first-order valence-electron chi connectivity index (χ1n) is 6.77. The van der Waals surface area contributed by atoms with E-state index in [4.69, 9.17) is 5.73 Å². The zero-order valence-corrected chi connectivity index (χ0v) is 11.4. The fourth-order valence-corrected chi connectivity index (χ4v) is 1.96. The van der Waals surface area contributed by atoms with Crippen LogP contribution in [-0.4, -0.2) is 6.54 Å². The molecular formula is C15H26N2. The van der Waals surface area contributed by atoms with Crippen molar-refractivity contribution in [3.05, 3.63) is 23.8 Å². The number of nitrogen functional groups attached to an aromatic ring is 1. The van der Waals surface area contributed by atoms with Gasteiger partial charge >= 0.3 is 0 Å². The summed E-state index contributed by atoms with van der Waals surface area (Å²) in [5.41, 5.74) is 9.06. The van der Waals surface area contributed by atoms with Crippen molar-refractivity contribution in [2.45, 2.75) is 46.5 Å². The largest absolute Gasteiger partial charge is 0.398 e. The third kappa shape index (κ3) is 4.68. The Morgan fingerprint density at radius 1 is 1.29 bits per heavy atom. The van der Waals surface area contributed by atoms with E-state index in [-0.39, 0.29) is 0 Å². The van der Waals surface area contributed by atoms with E-state index in [1.54, 1.807) is 0 Å². The maximum absolute atomic E-state index is 5.90. The van der Waals surface area contributed by atoms with Crippen molar-refractivity contribution in [1.82, 2.24) is 0 Å². The number of hydrogen-bond acceptors (Lipinski definition) is 2. The highest BCUT2D eigenvalue weighted by molar-refractivity contribution is 5.58. The second-order valence-electron chi connectivity index (χ2n) is 4.87. The van der Waals surface area contributed by atoms with Crippen molar-refractivity contribution < 1.29 is 0 Å². The van der Waals surface area contributed by atoms with Gasteiger partial charge in [0.2, 0.25) is 0 Å². The van der Waals surface area contributed by atoms with Crippen LogP contribution in [0.1, 0.15) is 45.1 Å². The van der Waals surface area contributed by atoms with Crippen LogP contribution < -0.4 is 11.1 Å². The first-order valence-corrected chi connectivity index (χ1v) is 6.77. The Hall–Kier alpha value is -1.18. The Bertz CT molecular complexity index is 334. The van der Waals surface area contributed by atoms with Gasteiger partial charge in [-0.25, -0.2) is 0 Å². The third-order valence-corrected chi connectivity index (χ3v) is 3.42. The van der Waals surface area contributed by atoms with E-state index >= 15 is 0 Å². The summed E-state index contributed by atoms with van der Waals surface area (Å²) in [5, 5.41) is 3.49. The molecule has 0 heterocycles. The van der Waals surface area contributed by atoms with Crippen molar-refractivity contribution in [3.63, 3.8) is 0 Å². The normalized spacial score (nSPS) is 12.4. The minimum atomic E-state index is 0.775.